The van der Waals surface area contributed by atoms with Gasteiger partial charge in [-0.3, -0.25) is 0 Å². The number of fused-ring (bicyclic) bond motifs is 1. The standard InChI is InChI=1S/C11H10ClNO3/c12-8-6-9-11(16-5-1-4-15-9)7(2-3-13)10(8)14/h6,14H,1-2,4-5H2. The summed E-state index contributed by atoms with van der Waals surface area (Å²) in [5, 5.41) is 18.6. The second-order valence-corrected chi connectivity index (χ2v) is 3.81. The predicted molar refractivity (Wildman–Crippen MR) is 58.0 cm³/mol. The first-order chi connectivity index (χ1) is 7.74. The van der Waals surface area contributed by atoms with E-state index in [-0.39, 0.29) is 17.2 Å². The first kappa shape index (κ1) is 10.9. The molecule has 0 fully saturated rings. The minimum absolute atomic E-state index is 0.0398. The number of benzene rings is 1. The molecule has 1 aliphatic heterocycles. The average Bonchev–Trinajstić information content (AvgIpc) is 2.50. The second-order valence-electron chi connectivity index (χ2n) is 3.40. The maximum absolute atomic E-state index is 9.76. The van der Waals surface area contributed by atoms with Crippen LogP contribution < -0.4 is 9.47 Å². The third kappa shape index (κ3) is 1.86. The largest absolute Gasteiger partial charge is 0.506 e. The fraction of sp³-hybridized carbons (Fsp3) is 0.364. The minimum Gasteiger partial charge on any atom is -0.506 e. The minimum atomic E-state index is -0.104. The van der Waals surface area contributed by atoms with Crippen molar-refractivity contribution < 1.29 is 14.6 Å². The van der Waals surface area contributed by atoms with E-state index < -0.39 is 0 Å². The van der Waals surface area contributed by atoms with Gasteiger partial charge in [0.05, 0.1) is 36.3 Å². The number of hydrogen-bond acceptors (Lipinski definition) is 4. The van der Waals surface area contributed by atoms with Gasteiger partial charge in [0, 0.05) is 12.5 Å². The smallest absolute Gasteiger partial charge is 0.169 e. The number of phenolic OH excluding ortho intramolecular Hbond substituents is 1. The zero-order chi connectivity index (χ0) is 11.5. The van der Waals surface area contributed by atoms with E-state index in [1.165, 1.54) is 6.07 Å². The van der Waals surface area contributed by atoms with Crippen LogP contribution in [0.2, 0.25) is 5.02 Å². The summed E-state index contributed by atoms with van der Waals surface area (Å²) in [5.41, 5.74) is 0.395. The van der Waals surface area contributed by atoms with Gasteiger partial charge in [0.25, 0.3) is 0 Å². The molecule has 1 aromatic rings. The maximum Gasteiger partial charge on any atom is 0.169 e. The molecule has 0 amide bonds. The molecule has 0 spiro atoms. The molecule has 0 bridgehead atoms. The van der Waals surface area contributed by atoms with E-state index in [0.29, 0.717) is 30.3 Å². The van der Waals surface area contributed by atoms with Crippen molar-refractivity contribution in [3.05, 3.63) is 16.7 Å². The van der Waals surface area contributed by atoms with Crippen molar-refractivity contribution in [2.24, 2.45) is 0 Å². The molecule has 16 heavy (non-hydrogen) atoms. The molecule has 1 aliphatic rings. The summed E-state index contributed by atoms with van der Waals surface area (Å²) in [6.07, 6.45) is 0.803. The van der Waals surface area contributed by atoms with Crippen LogP contribution in [0.3, 0.4) is 0 Å². The summed E-state index contributed by atoms with van der Waals surface area (Å²) < 4.78 is 10.9. The van der Waals surface area contributed by atoms with Crippen LogP contribution in [0.5, 0.6) is 17.2 Å². The number of aromatic hydroxyl groups is 1. The molecule has 1 heterocycles. The zero-order valence-corrected chi connectivity index (χ0v) is 9.25. The Morgan fingerprint density at radius 2 is 2.19 bits per heavy atom. The van der Waals surface area contributed by atoms with Crippen molar-refractivity contribution in [2.75, 3.05) is 13.2 Å². The molecule has 0 aromatic heterocycles. The summed E-state index contributed by atoms with van der Waals surface area (Å²) in [7, 11) is 0. The van der Waals surface area contributed by atoms with Crippen LogP contribution >= 0.6 is 11.6 Å². The molecule has 0 unspecified atom stereocenters. The van der Waals surface area contributed by atoms with Gasteiger partial charge < -0.3 is 14.6 Å². The summed E-state index contributed by atoms with van der Waals surface area (Å²) in [6.45, 7) is 1.05. The topological polar surface area (TPSA) is 62.5 Å². The molecule has 0 aliphatic carbocycles. The molecule has 0 radical (unpaired) electrons. The SMILES string of the molecule is N#CCc1c(O)c(Cl)cc2c1OCCCO2. The van der Waals surface area contributed by atoms with E-state index >= 15 is 0 Å². The van der Waals surface area contributed by atoms with E-state index in [0.717, 1.165) is 6.42 Å². The Morgan fingerprint density at radius 1 is 1.44 bits per heavy atom. The summed E-state index contributed by atoms with van der Waals surface area (Å²) >= 11 is 5.84. The van der Waals surface area contributed by atoms with Gasteiger partial charge in [-0.1, -0.05) is 11.6 Å². The Bertz CT molecular complexity index is 454. The summed E-state index contributed by atoms with van der Waals surface area (Å²) in [4.78, 5) is 0. The van der Waals surface area contributed by atoms with Crippen LogP contribution in [0.4, 0.5) is 0 Å². The van der Waals surface area contributed by atoms with E-state index in [9.17, 15) is 5.11 Å². The van der Waals surface area contributed by atoms with Crippen molar-refractivity contribution in [1.29, 1.82) is 5.26 Å². The van der Waals surface area contributed by atoms with E-state index in [1.54, 1.807) is 0 Å². The monoisotopic (exact) mass is 239 g/mol. The highest BCUT2D eigenvalue weighted by molar-refractivity contribution is 6.32. The Labute approximate surface area is 98.0 Å². The van der Waals surface area contributed by atoms with Gasteiger partial charge in [-0.05, 0) is 0 Å². The van der Waals surface area contributed by atoms with Crippen molar-refractivity contribution in [3.8, 4) is 23.3 Å². The first-order valence-corrected chi connectivity index (χ1v) is 5.28. The molecular formula is C11H10ClNO3. The molecule has 1 aromatic carbocycles. The van der Waals surface area contributed by atoms with Crippen LogP contribution in [-0.4, -0.2) is 18.3 Å². The number of halogens is 1. The molecule has 4 nitrogen and oxygen atoms in total. The van der Waals surface area contributed by atoms with E-state index in [4.69, 9.17) is 26.3 Å². The normalized spacial score (nSPS) is 14.0. The van der Waals surface area contributed by atoms with Gasteiger partial charge in [-0.25, -0.2) is 0 Å². The lowest BCUT2D eigenvalue weighted by molar-refractivity contribution is 0.296. The highest BCUT2D eigenvalue weighted by atomic mass is 35.5. The molecule has 0 saturated heterocycles. The van der Waals surface area contributed by atoms with Crippen molar-refractivity contribution in [2.45, 2.75) is 12.8 Å². The molecule has 0 atom stereocenters. The van der Waals surface area contributed by atoms with Gasteiger partial charge in [-0.2, -0.15) is 5.26 Å². The number of ether oxygens (including phenoxy) is 2. The lowest BCUT2D eigenvalue weighted by Crippen LogP contribution is -1.98. The van der Waals surface area contributed by atoms with Crippen LogP contribution in [0, 0.1) is 11.3 Å². The predicted octanol–water partition coefficient (Wildman–Crippen LogP) is 2.27. The van der Waals surface area contributed by atoms with Crippen LogP contribution in [0.15, 0.2) is 6.07 Å². The maximum atomic E-state index is 9.76. The van der Waals surface area contributed by atoms with Crippen LogP contribution in [-0.2, 0) is 6.42 Å². The molecule has 1 N–H and O–H groups in total. The number of nitriles is 1. The summed E-state index contributed by atoms with van der Waals surface area (Å²) in [5.74, 6) is 0.818. The number of rotatable bonds is 1. The van der Waals surface area contributed by atoms with Gasteiger partial charge in [0.2, 0.25) is 0 Å². The van der Waals surface area contributed by atoms with E-state index in [1.807, 2.05) is 6.07 Å². The fourth-order valence-corrected chi connectivity index (χ4v) is 1.79. The molecule has 2 rings (SSSR count). The number of nitrogens with zero attached hydrogens (tertiary/aromatic N) is 1. The lowest BCUT2D eigenvalue weighted by Gasteiger charge is -2.13. The molecule has 0 saturated carbocycles. The fourth-order valence-electron chi connectivity index (χ4n) is 1.57. The third-order valence-corrected chi connectivity index (χ3v) is 2.60. The molecule has 5 heteroatoms. The Hall–Kier alpha value is -1.60. The highest BCUT2D eigenvalue weighted by Crippen LogP contribution is 2.43. The number of hydrogen-bond donors (Lipinski definition) is 1. The van der Waals surface area contributed by atoms with Crippen molar-refractivity contribution in [3.63, 3.8) is 0 Å². The Morgan fingerprint density at radius 3 is 2.94 bits per heavy atom. The van der Waals surface area contributed by atoms with E-state index in [2.05, 4.69) is 0 Å². The third-order valence-electron chi connectivity index (χ3n) is 2.32. The van der Waals surface area contributed by atoms with Gasteiger partial charge >= 0.3 is 0 Å². The van der Waals surface area contributed by atoms with Gasteiger partial charge in [0.15, 0.2) is 11.5 Å². The highest BCUT2D eigenvalue weighted by Gasteiger charge is 2.20. The average molecular weight is 240 g/mol. The molecule has 84 valence electrons. The second kappa shape index (κ2) is 4.50. The van der Waals surface area contributed by atoms with Crippen molar-refractivity contribution >= 4 is 11.6 Å². The van der Waals surface area contributed by atoms with Crippen LogP contribution in [0.25, 0.3) is 0 Å². The summed E-state index contributed by atoms with van der Waals surface area (Å²) in [6, 6.07) is 3.48. The number of phenols is 1. The van der Waals surface area contributed by atoms with Crippen LogP contribution in [0.1, 0.15) is 12.0 Å². The Balaban J connectivity index is 2.56. The Kier molecular flexibility index (Phi) is 3.07. The quantitative estimate of drug-likeness (QED) is 0.817. The van der Waals surface area contributed by atoms with Crippen molar-refractivity contribution in [1.82, 2.24) is 0 Å². The first-order valence-electron chi connectivity index (χ1n) is 4.91. The van der Waals surface area contributed by atoms with Gasteiger partial charge in [0.1, 0.15) is 5.75 Å². The molecular weight excluding hydrogens is 230 g/mol. The van der Waals surface area contributed by atoms with Gasteiger partial charge in [-0.15, -0.1) is 0 Å². The zero-order valence-electron chi connectivity index (χ0n) is 8.49. The lowest BCUT2D eigenvalue weighted by atomic mass is 10.1.